The standard InChI is InChI=1S/C16H18BrNOS/c1-19-12-11-18-10-4-5-13-8-9-16(20-13)14-6-2-3-7-15(14)17/h2-9,18H,10-12H2,1H3. The monoisotopic (exact) mass is 351 g/mol. The third-order valence-corrected chi connectivity index (χ3v) is 4.57. The molecular formula is C16H18BrNOS. The van der Waals surface area contributed by atoms with Crippen LogP contribution in [-0.4, -0.2) is 26.8 Å². The maximum absolute atomic E-state index is 4.98. The van der Waals surface area contributed by atoms with E-state index in [0.717, 1.165) is 24.2 Å². The lowest BCUT2D eigenvalue weighted by Gasteiger charge is -1.99. The van der Waals surface area contributed by atoms with Crippen molar-refractivity contribution in [3.63, 3.8) is 0 Å². The van der Waals surface area contributed by atoms with Gasteiger partial charge in [-0.05, 0) is 24.3 Å². The molecule has 0 unspecified atom stereocenters. The predicted octanol–water partition coefficient (Wildman–Crippen LogP) is 4.43. The van der Waals surface area contributed by atoms with Crippen LogP contribution >= 0.6 is 27.3 Å². The molecular weight excluding hydrogens is 334 g/mol. The van der Waals surface area contributed by atoms with Crippen molar-refractivity contribution >= 4 is 33.3 Å². The Labute approximate surface area is 132 Å². The highest BCUT2D eigenvalue weighted by Gasteiger charge is 2.04. The Kier molecular flexibility index (Phi) is 6.47. The van der Waals surface area contributed by atoms with Gasteiger partial charge >= 0.3 is 0 Å². The molecule has 1 aromatic carbocycles. The molecule has 0 atom stereocenters. The minimum atomic E-state index is 0.749. The van der Waals surface area contributed by atoms with Gasteiger partial charge in [-0.25, -0.2) is 0 Å². The highest BCUT2D eigenvalue weighted by Crippen LogP contribution is 2.33. The summed E-state index contributed by atoms with van der Waals surface area (Å²) in [4.78, 5) is 2.55. The maximum atomic E-state index is 4.98. The van der Waals surface area contributed by atoms with E-state index < -0.39 is 0 Å². The molecule has 20 heavy (non-hydrogen) atoms. The van der Waals surface area contributed by atoms with Gasteiger partial charge in [0, 0.05) is 40.0 Å². The molecule has 1 heterocycles. The molecule has 0 fully saturated rings. The normalized spacial score (nSPS) is 11.3. The van der Waals surface area contributed by atoms with Gasteiger partial charge in [-0.2, -0.15) is 0 Å². The zero-order valence-corrected chi connectivity index (χ0v) is 13.8. The van der Waals surface area contributed by atoms with Crippen molar-refractivity contribution in [3.8, 4) is 10.4 Å². The largest absolute Gasteiger partial charge is 0.383 e. The third kappa shape index (κ3) is 4.56. The predicted molar refractivity (Wildman–Crippen MR) is 91.2 cm³/mol. The van der Waals surface area contributed by atoms with Crippen molar-refractivity contribution in [2.24, 2.45) is 0 Å². The summed E-state index contributed by atoms with van der Waals surface area (Å²) in [7, 11) is 1.71. The van der Waals surface area contributed by atoms with Gasteiger partial charge in [-0.15, -0.1) is 11.3 Å². The first-order valence-corrected chi connectivity index (χ1v) is 8.13. The molecule has 106 valence electrons. The summed E-state index contributed by atoms with van der Waals surface area (Å²) in [6.45, 7) is 2.50. The molecule has 1 N–H and O–H groups in total. The van der Waals surface area contributed by atoms with E-state index in [0.29, 0.717) is 0 Å². The van der Waals surface area contributed by atoms with Crippen molar-refractivity contribution in [1.29, 1.82) is 0 Å². The molecule has 0 aliphatic heterocycles. The van der Waals surface area contributed by atoms with Crippen LogP contribution in [0.4, 0.5) is 0 Å². The van der Waals surface area contributed by atoms with E-state index in [1.54, 1.807) is 18.4 Å². The lowest BCUT2D eigenvalue weighted by molar-refractivity contribution is 0.200. The van der Waals surface area contributed by atoms with Crippen LogP contribution in [0.2, 0.25) is 0 Å². The number of thiophene rings is 1. The number of rotatable bonds is 7. The van der Waals surface area contributed by atoms with Gasteiger partial charge < -0.3 is 10.1 Å². The van der Waals surface area contributed by atoms with Crippen LogP contribution in [0.5, 0.6) is 0 Å². The van der Waals surface area contributed by atoms with E-state index in [2.05, 4.69) is 63.7 Å². The Bertz CT molecular complexity index is 565. The first-order chi connectivity index (χ1) is 9.81. The Morgan fingerprint density at radius 3 is 2.90 bits per heavy atom. The van der Waals surface area contributed by atoms with Gasteiger partial charge in [0.2, 0.25) is 0 Å². The van der Waals surface area contributed by atoms with Gasteiger partial charge in [-0.3, -0.25) is 0 Å². The molecule has 0 amide bonds. The van der Waals surface area contributed by atoms with E-state index in [1.807, 2.05) is 6.07 Å². The van der Waals surface area contributed by atoms with Gasteiger partial charge in [0.15, 0.2) is 0 Å². The first kappa shape index (κ1) is 15.4. The second-order valence-electron chi connectivity index (χ2n) is 4.28. The minimum Gasteiger partial charge on any atom is -0.383 e. The van der Waals surface area contributed by atoms with E-state index in [1.165, 1.54) is 15.3 Å². The fraction of sp³-hybridized carbons (Fsp3) is 0.250. The van der Waals surface area contributed by atoms with Crippen LogP contribution in [0, 0.1) is 0 Å². The molecule has 0 spiro atoms. The quantitative estimate of drug-likeness (QED) is 0.745. The Hall–Kier alpha value is -0.940. The molecule has 2 aromatic rings. The average Bonchev–Trinajstić information content (AvgIpc) is 2.92. The van der Waals surface area contributed by atoms with Crippen molar-refractivity contribution in [2.75, 3.05) is 26.8 Å². The molecule has 0 saturated heterocycles. The zero-order valence-electron chi connectivity index (χ0n) is 11.4. The van der Waals surface area contributed by atoms with Crippen LogP contribution < -0.4 is 5.32 Å². The summed E-state index contributed by atoms with van der Waals surface area (Å²) in [6, 6.07) is 12.6. The summed E-state index contributed by atoms with van der Waals surface area (Å²) in [5, 5.41) is 3.29. The van der Waals surface area contributed by atoms with Crippen LogP contribution in [0.25, 0.3) is 16.5 Å². The average molecular weight is 352 g/mol. The zero-order chi connectivity index (χ0) is 14.2. The molecule has 0 radical (unpaired) electrons. The number of ether oxygens (including phenoxy) is 1. The highest BCUT2D eigenvalue weighted by atomic mass is 79.9. The lowest BCUT2D eigenvalue weighted by atomic mass is 10.2. The van der Waals surface area contributed by atoms with E-state index in [-0.39, 0.29) is 0 Å². The fourth-order valence-corrected chi connectivity index (χ4v) is 3.39. The summed E-state index contributed by atoms with van der Waals surface area (Å²) in [5.41, 5.74) is 1.25. The van der Waals surface area contributed by atoms with Crippen molar-refractivity contribution in [3.05, 3.63) is 51.8 Å². The third-order valence-electron chi connectivity index (χ3n) is 2.79. The molecule has 2 nitrogen and oxygen atoms in total. The van der Waals surface area contributed by atoms with Crippen molar-refractivity contribution in [1.82, 2.24) is 5.32 Å². The molecule has 0 bridgehead atoms. The second-order valence-corrected chi connectivity index (χ2v) is 6.25. The molecule has 0 aliphatic rings. The van der Waals surface area contributed by atoms with Gasteiger partial charge in [-0.1, -0.05) is 40.2 Å². The summed E-state index contributed by atoms with van der Waals surface area (Å²) < 4.78 is 6.12. The first-order valence-electron chi connectivity index (χ1n) is 6.52. The Morgan fingerprint density at radius 2 is 2.10 bits per heavy atom. The van der Waals surface area contributed by atoms with Gasteiger partial charge in [0.05, 0.1) is 6.61 Å². The van der Waals surface area contributed by atoms with Crippen LogP contribution in [-0.2, 0) is 4.74 Å². The Balaban J connectivity index is 1.93. The second kappa shape index (κ2) is 8.37. The maximum Gasteiger partial charge on any atom is 0.0587 e. The lowest BCUT2D eigenvalue weighted by Crippen LogP contribution is -2.18. The number of benzene rings is 1. The number of methoxy groups -OCH3 is 1. The number of nitrogens with one attached hydrogen (secondary N) is 1. The molecule has 4 heteroatoms. The summed E-state index contributed by atoms with van der Waals surface area (Å²) in [6.07, 6.45) is 4.30. The number of hydrogen-bond donors (Lipinski definition) is 1. The van der Waals surface area contributed by atoms with Crippen LogP contribution in [0.15, 0.2) is 46.9 Å². The van der Waals surface area contributed by atoms with Crippen LogP contribution in [0.1, 0.15) is 4.88 Å². The summed E-state index contributed by atoms with van der Waals surface area (Å²) >= 11 is 5.40. The molecule has 0 aliphatic carbocycles. The van der Waals surface area contributed by atoms with Crippen molar-refractivity contribution in [2.45, 2.75) is 0 Å². The molecule has 2 rings (SSSR count). The smallest absolute Gasteiger partial charge is 0.0587 e. The van der Waals surface area contributed by atoms with Gasteiger partial charge in [0.1, 0.15) is 0 Å². The van der Waals surface area contributed by atoms with Crippen LogP contribution in [0.3, 0.4) is 0 Å². The van der Waals surface area contributed by atoms with E-state index >= 15 is 0 Å². The summed E-state index contributed by atoms with van der Waals surface area (Å²) in [5.74, 6) is 0. The number of hydrogen-bond acceptors (Lipinski definition) is 3. The molecule has 1 aromatic heterocycles. The van der Waals surface area contributed by atoms with Crippen molar-refractivity contribution < 1.29 is 4.74 Å². The van der Waals surface area contributed by atoms with Gasteiger partial charge in [0.25, 0.3) is 0 Å². The van der Waals surface area contributed by atoms with E-state index in [4.69, 9.17) is 4.74 Å². The Morgan fingerprint density at radius 1 is 1.25 bits per heavy atom. The highest BCUT2D eigenvalue weighted by molar-refractivity contribution is 9.10. The SMILES string of the molecule is COCCNCC=Cc1ccc(-c2ccccc2Br)s1. The topological polar surface area (TPSA) is 21.3 Å². The fourth-order valence-electron chi connectivity index (χ4n) is 1.78. The van der Waals surface area contributed by atoms with E-state index in [9.17, 15) is 0 Å². The molecule has 0 saturated carbocycles. The number of halogens is 1. The minimum absolute atomic E-state index is 0.749.